The molecular weight excluding hydrogens is 518 g/mol. The molecule has 2 fully saturated rings. The molecule has 0 aromatic heterocycles. The molecule has 0 spiro atoms. The third-order valence-corrected chi connectivity index (χ3v) is 6.71. The topological polar surface area (TPSA) is 81.7 Å². The van der Waals surface area contributed by atoms with E-state index in [1.807, 2.05) is 39.0 Å². The number of nitrogens with one attached hydrogen (secondary N) is 1. The van der Waals surface area contributed by atoms with Gasteiger partial charge in [-0.05, 0) is 82.9 Å². The number of carbonyl (C=O) groups excluding carboxylic acids is 1. The molecule has 2 saturated carbocycles. The van der Waals surface area contributed by atoms with Crippen molar-refractivity contribution in [3.63, 3.8) is 0 Å². The van der Waals surface area contributed by atoms with Crippen LogP contribution in [-0.2, 0) is 36.6 Å². The predicted molar refractivity (Wildman–Crippen MR) is 135 cm³/mol. The molecule has 4 rings (SSSR count). The molecule has 0 heterocycles. The molecule has 1 N–H and O–H groups in total. The first-order chi connectivity index (χ1) is 16.8. The summed E-state index contributed by atoms with van der Waals surface area (Å²) >= 11 is 0. The number of para-hydroxylation sites is 1. The Morgan fingerprint density at radius 3 is 1.94 bits per heavy atom. The number of ether oxygens (including phenoxy) is 2. The summed E-state index contributed by atoms with van der Waals surface area (Å²) in [5, 5.41) is 0. The standard InChI is InChI=1S/C23H24NO5S.C5H5.Fe/c1-16-12-14-19(15-13-16)30(26,27)24-22(18-8-4-5-9-18)23(29-17(2)25)20-10-6-7-11-21(20)28-3;1-2-4-5-3-1;/h4-15,22-24H,1-3H3;1-5H;/q;;+2/t22-,23+;;/m0../s1. The van der Waals surface area contributed by atoms with Gasteiger partial charge in [-0.2, -0.15) is 0 Å². The molecule has 8 heteroatoms. The van der Waals surface area contributed by atoms with Crippen LogP contribution in [0.1, 0.15) is 24.2 Å². The smallest absolute Gasteiger partial charge is 0.496 e. The second-order valence-corrected chi connectivity index (χ2v) is 9.58. The van der Waals surface area contributed by atoms with Crippen LogP contribution in [0.4, 0.5) is 0 Å². The van der Waals surface area contributed by atoms with Crippen LogP contribution >= 0.6 is 0 Å². The molecule has 188 valence electrons. The van der Waals surface area contributed by atoms with E-state index in [9.17, 15) is 13.2 Å². The second-order valence-electron chi connectivity index (χ2n) is 7.86. The van der Waals surface area contributed by atoms with Gasteiger partial charge < -0.3 is 9.47 Å². The number of sulfonamides is 1. The van der Waals surface area contributed by atoms with Gasteiger partial charge >= 0.3 is 23.0 Å². The number of methoxy groups -OCH3 is 1. The fraction of sp³-hybridized carbons (Fsp3) is 0.179. The number of carbonyl (C=O) groups is 1. The summed E-state index contributed by atoms with van der Waals surface area (Å²) in [6.45, 7) is 3.17. The molecule has 0 saturated heterocycles. The maximum absolute atomic E-state index is 13.1. The first kappa shape index (κ1) is 30.4. The Morgan fingerprint density at radius 2 is 1.42 bits per heavy atom. The molecule has 0 aliphatic heterocycles. The van der Waals surface area contributed by atoms with E-state index in [0.29, 0.717) is 17.2 Å². The molecule has 2 aromatic carbocycles. The molecule has 36 heavy (non-hydrogen) atoms. The average Bonchev–Trinajstić information content (AvgIpc) is 3.59. The Hall–Kier alpha value is -1.86. The van der Waals surface area contributed by atoms with Gasteiger partial charge in [0, 0.05) is 18.4 Å². The number of esters is 1. The maximum Gasteiger partial charge on any atom is 2.00 e. The Morgan fingerprint density at radius 1 is 0.861 bits per heavy atom. The summed E-state index contributed by atoms with van der Waals surface area (Å²) in [5.41, 5.74) is 1.52. The molecular formula is C28H29FeNO5S+2. The van der Waals surface area contributed by atoms with Gasteiger partial charge in [-0.15, -0.1) is 0 Å². The number of aryl methyl sites for hydroxylation is 1. The monoisotopic (exact) mass is 547 g/mol. The third kappa shape index (κ3) is 8.62. The number of hydrogen-bond acceptors (Lipinski definition) is 5. The maximum atomic E-state index is 13.1. The molecule has 2 aromatic rings. The van der Waals surface area contributed by atoms with Gasteiger partial charge in [0.05, 0.1) is 18.0 Å². The molecule has 2 atom stereocenters. The molecule has 0 unspecified atom stereocenters. The summed E-state index contributed by atoms with van der Waals surface area (Å²) < 4.78 is 40.1. The van der Waals surface area contributed by atoms with Crippen LogP contribution in [0.15, 0.2) is 53.4 Å². The second kappa shape index (κ2) is 14.8. The minimum atomic E-state index is -3.89. The normalized spacial score (nSPS) is 17.3. The number of rotatable bonds is 8. The van der Waals surface area contributed by atoms with E-state index in [1.165, 1.54) is 14.0 Å². The minimum absolute atomic E-state index is 0. The van der Waals surface area contributed by atoms with Crippen molar-refractivity contribution in [2.24, 2.45) is 0 Å². The van der Waals surface area contributed by atoms with Crippen LogP contribution < -0.4 is 9.46 Å². The summed E-state index contributed by atoms with van der Waals surface area (Å²) in [7, 11) is -2.38. The van der Waals surface area contributed by atoms with Crippen molar-refractivity contribution >= 4 is 16.0 Å². The van der Waals surface area contributed by atoms with Crippen molar-refractivity contribution in [3.05, 3.63) is 123 Å². The van der Waals surface area contributed by atoms with Gasteiger partial charge in [0.15, 0.2) is 0 Å². The zero-order chi connectivity index (χ0) is 25.3. The molecule has 2 aliphatic rings. The van der Waals surface area contributed by atoms with Crippen molar-refractivity contribution < 1.29 is 39.8 Å². The Balaban J connectivity index is 0.000000678. The molecule has 2 aliphatic carbocycles. The van der Waals surface area contributed by atoms with E-state index in [1.54, 1.807) is 74.2 Å². The largest absolute Gasteiger partial charge is 2.00 e. The summed E-state index contributed by atoms with van der Waals surface area (Å²) in [6, 6.07) is 12.8. The van der Waals surface area contributed by atoms with Gasteiger partial charge in [0.1, 0.15) is 11.9 Å². The first-order valence-corrected chi connectivity index (χ1v) is 12.6. The van der Waals surface area contributed by atoms with Gasteiger partial charge in [-0.1, -0.05) is 35.9 Å². The first-order valence-electron chi connectivity index (χ1n) is 11.1. The van der Waals surface area contributed by atoms with Crippen molar-refractivity contribution in [1.29, 1.82) is 0 Å². The SMILES string of the molecule is COc1ccccc1[C@@H](OC(C)=O)[C@@H](NS(=O)(=O)c1ccc(C)cc1)[C]1[CH][CH][CH][CH]1.[CH]1[CH][CH][CH][CH]1.[Fe+2]. The zero-order valence-corrected chi connectivity index (χ0v) is 22.2. The number of hydrogen-bond donors (Lipinski definition) is 1. The Bertz CT molecular complexity index is 1040. The van der Waals surface area contributed by atoms with Crippen molar-refractivity contribution in [3.8, 4) is 5.75 Å². The van der Waals surface area contributed by atoms with E-state index in [0.717, 1.165) is 5.56 Å². The Kier molecular flexibility index (Phi) is 12.5. The van der Waals surface area contributed by atoms with Crippen LogP contribution in [0.5, 0.6) is 5.75 Å². The van der Waals surface area contributed by atoms with E-state index in [-0.39, 0.29) is 22.0 Å². The van der Waals surface area contributed by atoms with Gasteiger partial charge in [-0.3, -0.25) is 4.79 Å². The van der Waals surface area contributed by atoms with E-state index < -0.39 is 28.1 Å². The van der Waals surface area contributed by atoms with Crippen LogP contribution in [0.2, 0.25) is 0 Å². The summed E-state index contributed by atoms with van der Waals surface area (Å²) in [5.74, 6) is 0.634. The quantitative estimate of drug-likeness (QED) is 0.392. The Labute approximate surface area is 227 Å². The van der Waals surface area contributed by atoms with Crippen LogP contribution in [0, 0.1) is 70.6 Å². The van der Waals surface area contributed by atoms with Crippen LogP contribution in [0.25, 0.3) is 0 Å². The molecule has 0 bridgehead atoms. The zero-order valence-electron chi connectivity index (χ0n) is 20.3. The van der Waals surface area contributed by atoms with Crippen LogP contribution in [-0.4, -0.2) is 27.5 Å². The molecule has 0 amide bonds. The van der Waals surface area contributed by atoms with E-state index in [2.05, 4.69) is 4.72 Å². The predicted octanol–water partition coefficient (Wildman–Crippen LogP) is 4.38. The van der Waals surface area contributed by atoms with Crippen molar-refractivity contribution in [1.82, 2.24) is 4.72 Å². The van der Waals surface area contributed by atoms with Gasteiger partial charge in [-0.25, -0.2) is 13.1 Å². The fourth-order valence-electron chi connectivity index (χ4n) is 3.57. The van der Waals surface area contributed by atoms with E-state index >= 15 is 0 Å². The third-order valence-electron chi connectivity index (χ3n) is 5.26. The van der Waals surface area contributed by atoms with E-state index in [4.69, 9.17) is 9.47 Å². The van der Waals surface area contributed by atoms with Gasteiger partial charge in [0.25, 0.3) is 0 Å². The summed E-state index contributed by atoms with van der Waals surface area (Å²) in [4.78, 5) is 12.1. The summed E-state index contributed by atoms with van der Waals surface area (Å²) in [6.07, 6.45) is 16.2. The van der Waals surface area contributed by atoms with Crippen molar-refractivity contribution in [2.75, 3.05) is 7.11 Å². The minimum Gasteiger partial charge on any atom is -0.496 e. The molecule has 10 radical (unpaired) electrons. The van der Waals surface area contributed by atoms with Crippen LogP contribution in [0.3, 0.4) is 0 Å². The molecule has 6 nitrogen and oxygen atoms in total. The number of benzene rings is 2. The van der Waals surface area contributed by atoms with Gasteiger partial charge in [0.2, 0.25) is 10.0 Å². The average molecular weight is 547 g/mol. The fourth-order valence-corrected chi connectivity index (χ4v) is 4.79. The van der Waals surface area contributed by atoms with Crippen molar-refractivity contribution in [2.45, 2.75) is 30.9 Å².